The summed E-state index contributed by atoms with van der Waals surface area (Å²) in [5.74, 6) is 0.562. The van der Waals surface area contributed by atoms with Crippen LogP contribution in [0.1, 0.15) is 38.7 Å². The molecule has 1 fully saturated rings. The van der Waals surface area contributed by atoms with Crippen molar-refractivity contribution in [2.45, 2.75) is 40.0 Å². The Balaban J connectivity index is 1.94. The second-order valence-electron chi connectivity index (χ2n) is 6.52. The van der Waals surface area contributed by atoms with Crippen LogP contribution in [0.2, 0.25) is 0 Å². The van der Waals surface area contributed by atoms with Gasteiger partial charge in [-0.15, -0.1) is 0 Å². The first-order valence-corrected chi connectivity index (χ1v) is 10.5. The second-order valence-corrected chi connectivity index (χ2v) is 8.82. The summed E-state index contributed by atoms with van der Waals surface area (Å²) in [7, 11) is -2.87. The summed E-state index contributed by atoms with van der Waals surface area (Å²) >= 11 is 0. The van der Waals surface area contributed by atoms with Gasteiger partial charge in [0.25, 0.3) is 0 Å². The molecule has 0 spiro atoms. The van der Waals surface area contributed by atoms with Gasteiger partial charge >= 0.3 is 0 Å². The Hall–Kier alpha value is -1.56. The summed E-state index contributed by atoms with van der Waals surface area (Å²) in [5.41, 5.74) is 3.03. The predicted octanol–water partition coefficient (Wildman–Crippen LogP) is 2.99. The van der Waals surface area contributed by atoms with Crippen molar-refractivity contribution < 1.29 is 13.2 Å². The molecule has 0 aliphatic carbocycles. The van der Waals surface area contributed by atoms with Crippen LogP contribution in [0.5, 0.6) is 0 Å². The Morgan fingerprint density at radius 3 is 2.38 bits per heavy atom. The number of hydrogen-bond acceptors (Lipinski definition) is 4. The van der Waals surface area contributed by atoms with Crippen molar-refractivity contribution in [1.29, 1.82) is 0 Å². The van der Waals surface area contributed by atoms with E-state index in [9.17, 15) is 13.2 Å². The highest BCUT2D eigenvalue weighted by atomic mass is 32.2. The smallest absolute Gasteiger partial charge is 0.224 e. The van der Waals surface area contributed by atoms with Gasteiger partial charge in [0.15, 0.2) is 0 Å². The fourth-order valence-electron chi connectivity index (χ4n) is 3.18. The van der Waals surface area contributed by atoms with Gasteiger partial charge in [-0.05, 0) is 63.3 Å². The number of carbonyl (C=O) groups excluding carboxylic acids is 1. The van der Waals surface area contributed by atoms with Crippen molar-refractivity contribution in [2.24, 2.45) is 5.92 Å². The van der Waals surface area contributed by atoms with Crippen LogP contribution in [-0.4, -0.2) is 38.9 Å². The predicted molar refractivity (Wildman–Crippen MR) is 99.4 cm³/mol. The Morgan fingerprint density at radius 1 is 1.21 bits per heavy atom. The van der Waals surface area contributed by atoms with Crippen molar-refractivity contribution >= 4 is 27.1 Å². The summed E-state index contributed by atoms with van der Waals surface area (Å²) in [4.78, 5) is 14.5. The lowest BCUT2D eigenvalue weighted by Gasteiger charge is -2.23. The van der Waals surface area contributed by atoms with E-state index in [0.29, 0.717) is 19.3 Å². The maximum atomic E-state index is 12.3. The number of sulfone groups is 1. The molecule has 2 rings (SSSR count). The Morgan fingerprint density at radius 2 is 1.83 bits per heavy atom. The lowest BCUT2D eigenvalue weighted by Crippen LogP contribution is -2.26. The largest absolute Gasteiger partial charge is 0.372 e. The first kappa shape index (κ1) is 18.8. The third-order valence-corrected chi connectivity index (χ3v) is 6.48. The van der Waals surface area contributed by atoms with Crippen LogP contribution in [0.25, 0.3) is 0 Å². The zero-order valence-corrected chi connectivity index (χ0v) is 15.7. The fourth-order valence-corrected chi connectivity index (χ4v) is 4.77. The molecule has 0 aromatic heterocycles. The van der Waals surface area contributed by atoms with Gasteiger partial charge in [-0.3, -0.25) is 4.79 Å². The molecule has 1 aromatic rings. The molecule has 1 heterocycles. The molecule has 0 radical (unpaired) electrons. The van der Waals surface area contributed by atoms with Crippen LogP contribution in [0.4, 0.5) is 11.4 Å². The highest BCUT2D eigenvalue weighted by Gasteiger charge is 2.25. The SMILES string of the molecule is CCN(CC)c1ccc(NC(=O)CC2CCS(=O)(=O)CC2)c(C)c1. The molecular weight excluding hydrogens is 324 g/mol. The monoisotopic (exact) mass is 352 g/mol. The highest BCUT2D eigenvalue weighted by molar-refractivity contribution is 7.91. The Labute approximate surface area is 145 Å². The van der Waals surface area contributed by atoms with Gasteiger partial charge in [0, 0.05) is 30.9 Å². The second kappa shape index (κ2) is 8.01. The fraction of sp³-hybridized carbons (Fsp3) is 0.611. The number of nitrogens with one attached hydrogen (secondary N) is 1. The van der Waals surface area contributed by atoms with Crippen molar-refractivity contribution in [3.05, 3.63) is 23.8 Å². The van der Waals surface area contributed by atoms with Crippen LogP contribution < -0.4 is 10.2 Å². The van der Waals surface area contributed by atoms with Crippen LogP contribution in [-0.2, 0) is 14.6 Å². The Bertz CT molecular complexity index is 668. The van der Waals surface area contributed by atoms with Gasteiger partial charge in [-0.25, -0.2) is 8.42 Å². The zero-order chi connectivity index (χ0) is 17.7. The molecule has 0 bridgehead atoms. The number of carbonyl (C=O) groups is 1. The van der Waals surface area contributed by atoms with E-state index in [1.807, 2.05) is 19.1 Å². The summed E-state index contributed by atoms with van der Waals surface area (Å²) < 4.78 is 22.9. The molecule has 1 aliphatic heterocycles. The zero-order valence-electron chi connectivity index (χ0n) is 14.8. The third-order valence-electron chi connectivity index (χ3n) is 4.76. The van der Waals surface area contributed by atoms with Gasteiger partial charge in [-0.1, -0.05) is 0 Å². The number of amides is 1. The number of anilines is 2. The van der Waals surface area contributed by atoms with Crippen molar-refractivity contribution in [2.75, 3.05) is 34.8 Å². The molecule has 0 saturated carbocycles. The molecule has 1 amide bonds. The lowest BCUT2D eigenvalue weighted by molar-refractivity contribution is -0.117. The molecule has 0 unspecified atom stereocenters. The van der Waals surface area contributed by atoms with Crippen molar-refractivity contribution in [3.63, 3.8) is 0 Å². The Kier molecular flexibility index (Phi) is 6.27. The normalized spacial score (nSPS) is 17.5. The number of nitrogens with zero attached hydrogens (tertiary/aromatic N) is 1. The minimum Gasteiger partial charge on any atom is -0.372 e. The first-order chi connectivity index (χ1) is 11.3. The average molecular weight is 353 g/mol. The summed E-state index contributed by atoms with van der Waals surface area (Å²) in [6.07, 6.45) is 1.58. The third kappa shape index (κ3) is 4.97. The van der Waals surface area contributed by atoms with E-state index in [1.165, 1.54) is 0 Å². The molecule has 24 heavy (non-hydrogen) atoms. The van der Waals surface area contributed by atoms with Gasteiger partial charge in [-0.2, -0.15) is 0 Å². The lowest BCUT2D eigenvalue weighted by atomic mass is 9.98. The summed E-state index contributed by atoms with van der Waals surface area (Å²) in [6, 6.07) is 6.07. The standard InChI is InChI=1S/C18H28N2O3S/c1-4-20(5-2)16-6-7-17(14(3)12-16)19-18(21)13-15-8-10-24(22,23)11-9-15/h6-7,12,15H,4-5,8-11,13H2,1-3H3,(H,19,21). The molecule has 6 heteroatoms. The molecule has 1 saturated heterocycles. The van der Waals surface area contributed by atoms with Crippen molar-refractivity contribution in [1.82, 2.24) is 0 Å². The van der Waals surface area contributed by atoms with Gasteiger partial charge in [0.05, 0.1) is 11.5 Å². The molecule has 134 valence electrons. The van der Waals surface area contributed by atoms with E-state index in [4.69, 9.17) is 0 Å². The minimum absolute atomic E-state index is 0.0296. The number of hydrogen-bond donors (Lipinski definition) is 1. The highest BCUT2D eigenvalue weighted by Crippen LogP contribution is 2.25. The van der Waals surface area contributed by atoms with E-state index >= 15 is 0 Å². The van der Waals surface area contributed by atoms with E-state index in [2.05, 4.69) is 30.1 Å². The van der Waals surface area contributed by atoms with Crippen LogP contribution >= 0.6 is 0 Å². The van der Waals surface area contributed by atoms with Gasteiger partial charge < -0.3 is 10.2 Å². The number of benzene rings is 1. The van der Waals surface area contributed by atoms with Crippen LogP contribution in [0.15, 0.2) is 18.2 Å². The van der Waals surface area contributed by atoms with E-state index < -0.39 is 9.84 Å². The molecule has 1 N–H and O–H groups in total. The van der Waals surface area contributed by atoms with E-state index in [1.54, 1.807) is 0 Å². The maximum absolute atomic E-state index is 12.3. The van der Waals surface area contributed by atoms with Gasteiger partial charge in [0.2, 0.25) is 5.91 Å². The number of rotatable bonds is 6. The summed E-state index contributed by atoms with van der Waals surface area (Å²) in [6.45, 7) is 8.14. The van der Waals surface area contributed by atoms with Crippen molar-refractivity contribution in [3.8, 4) is 0 Å². The average Bonchev–Trinajstić information content (AvgIpc) is 2.53. The number of aryl methyl sites for hydroxylation is 1. The first-order valence-electron chi connectivity index (χ1n) is 8.70. The maximum Gasteiger partial charge on any atom is 0.224 e. The van der Waals surface area contributed by atoms with Gasteiger partial charge in [0.1, 0.15) is 9.84 Å². The van der Waals surface area contributed by atoms with Crippen LogP contribution in [0.3, 0.4) is 0 Å². The molecule has 5 nitrogen and oxygen atoms in total. The topological polar surface area (TPSA) is 66.5 Å². The molecule has 1 aliphatic rings. The summed E-state index contributed by atoms with van der Waals surface area (Å²) in [5, 5.41) is 2.97. The molecular formula is C18H28N2O3S. The molecule has 1 aromatic carbocycles. The van der Waals surface area contributed by atoms with E-state index in [-0.39, 0.29) is 23.3 Å². The quantitative estimate of drug-likeness (QED) is 0.855. The molecule has 0 atom stereocenters. The van der Waals surface area contributed by atoms with Crippen LogP contribution in [0, 0.1) is 12.8 Å². The minimum atomic E-state index is -2.87. The van der Waals surface area contributed by atoms with E-state index in [0.717, 1.165) is 30.0 Å².